The molecule has 6 nitrogen and oxygen atoms in total. The van der Waals surface area contributed by atoms with E-state index in [0.717, 1.165) is 16.6 Å². The number of amides is 1. The molecule has 0 bridgehead atoms. The second kappa shape index (κ2) is 6.81. The first-order valence-electron chi connectivity index (χ1n) is 7.60. The minimum Gasteiger partial charge on any atom is -0.345 e. The Labute approximate surface area is 156 Å². The first-order chi connectivity index (χ1) is 12.6. The van der Waals surface area contributed by atoms with E-state index in [1.165, 1.54) is 12.1 Å². The molecule has 1 N–H and O–H groups in total. The summed E-state index contributed by atoms with van der Waals surface area (Å²) in [4.78, 5) is 13.2. The largest absolute Gasteiger partial charge is 0.345 e. The molecule has 0 saturated carbocycles. The molecule has 4 rings (SSSR count). The van der Waals surface area contributed by atoms with Gasteiger partial charge in [0.2, 0.25) is 0 Å². The van der Waals surface area contributed by atoms with Crippen molar-refractivity contribution >= 4 is 34.5 Å². The highest BCUT2D eigenvalue weighted by Crippen LogP contribution is 2.22. The van der Waals surface area contributed by atoms with E-state index in [0.29, 0.717) is 11.5 Å². The molecule has 0 aliphatic rings. The number of halogens is 2. The molecule has 4 aromatic rings. The molecule has 0 unspecified atom stereocenters. The minimum absolute atomic E-state index is 0.0485. The molecule has 3 aromatic heterocycles. The van der Waals surface area contributed by atoms with Gasteiger partial charge in [0.15, 0.2) is 11.5 Å². The fraction of sp³-hybridized carbons (Fsp3) is 0.0588. The van der Waals surface area contributed by atoms with Crippen molar-refractivity contribution in [2.24, 2.45) is 0 Å². The Morgan fingerprint density at radius 3 is 2.92 bits per heavy atom. The Balaban J connectivity index is 1.58. The first-order valence-corrected chi connectivity index (χ1v) is 8.86. The average Bonchev–Trinajstić information content (AvgIpc) is 3.31. The van der Waals surface area contributed by atoms with Crippen LogP contribution >= 0.6 is 22.9 Å². The van der Waals surface area contributed by atoms with E-state index in [-0.39, 0.29) is 17.1 Å². The van der Waals surface area contributed by atoms with Gasteiger partial charge in [0.1, 0.15) is 11.5 Å². The Kier molecular flexibility index (Phi) is 4.36. The monoisotopic (exact) mass is 387 g/mol. The van der Waals surface area contributed by atoms with Crippen molar-refractivity contribution in [3.8, 4) is 10.6 Å². The van der Waals surface area contributed by atoms with Crippen LogP contribution in [0, 0.1) is 5.82 Å². The summed E-state index contributed by atoms with van der Waals surface area (Å²) < 4.78 is 15.3. The molecule has 0 atom stereocenters. The van der Waals surface area contributed by atoms with Crippen molar-refractivity contribution < 1.29 is 9.18 Å². The molecule has 26 heavy (non-hydrogen) atoms. The van der Waals surface area contributed by atoms with Crippen molar-refractivity contribution in [2.45, 2.75) is 6.54 Å². The summed E-state index contributed by atoms with van der Waals surface area (Å²) >= 11 is 7.39. The fourth-order valence-corrected chi connectivity index (χ4v) is 3.29. The fourth-order valence-electron chi connectivity index (χ4n) is 2.43. The standard InChI is InChI=1S/C17H11ClFN5OS/c18-10-3-4-12(19)11(8-10)17(25)20-9-16-22-21-15-6-5-13(23-24(15)16)14-2-1-7-26-14/h1-8H,9H2,(H,20,25). The predicted molar refractivity (Wildman–Crippen MR) is 96.7 cm³/mol. The second-order valence-electron chi connectivity index (χ2n) is 5.39. The van der Waals surface area contributed by atoms with Crippen LogP contribution in [-0.2, 0) is 6.54 Å². The van der Waals surface area contributed by atoms with Crippen LogP contribution in [0.25, 0.3) is 16.2 Å². The summed E-state index contributed by atoms with van der Waals surface area (Å²) in [6.07, 6.45) is 0. The van der Waals surface area contributed by atoms with E-state index in [4.69, 9.17) is 11.6 Å². The molecule has 130 valence electrons. The normalized spacial score (nSPS) is 11.0. The third kappa shape index (κ3) is 3.16. The molecule has 0 radical (unpaired) electrons. The number of nitrogens with one attached hydrogen (secondary N) is 1. The molecule has 0 fully saturated rings. The second-order valence-corrected chi connectivity index (χ2v) is 6.77. The van der Waals surface area contributed by atoms with Gasteiger partial charge in [-0.25, -0.2) is 4.39 Å². The van der Waals surface area contributed by atoms with Crippen LogP contribution in [0.1, 0.15) is 16.2 Å². The Hall–Kier alpha value is -2.84. The van der Waals surface area contributed by atoms with Gasteiger partial charge < -0.3 is 5.32 Å². The maximum Gasteiger partial charge on any atom is 0.254 e. The maximum atomic E-state index is 13.8. The van der Waals surface area contributed by atoms with Gasteiger partial charge >= 0.3 is 0 Å². The lowest BCUT2D eigenvalue weighted by Gasteiger charge is -2.06. The molecule has 1 amide bonds. The molecule has 1 aromatic carbocycles. The molecule has 0 aliphatic heterocycles. The van der Waals surface area contributed by atoms with Gasteiger partial charge in [0.05, 0.1) is 17.0 Å². The zero-order valence-electron chi connectivity index (χ0n) is 13.2. The van der Waals surface area contributed by atoms with Gasteiger partial charge in [-0.3, -0.25) is 4.79 Å². The molecular formula is C17H11ClFN5OS. The van der Waals surface area contributed by atoms with Crippen LogP contribution in [-0.4, -0.2) is 25.7 Å². The van der Waals surface area contributed by atoms with Crippen LogP contribution in [0.15, 0.2) is 47.8 Å². The van der Waals surface area contributed by atoms with Crippen LogP contribution in [0.5, 0.6) is 0 Å². The Morgan fingerprint density at radius 2 is 2.12 bits per heavy atom. The van der Waals surface area contributed by atoms with Crippen molar-refractivity contribution in [3.63, 3.8) is 0 Å². The van der Waals surface area contributed by atoms with Crippen LogP contribution in [0.4, 0.5) is 4.39 Å². The highest BCUT2D eigenvalue weighted by molar-refractivity contribution is 7.13. The van der Waals surface area contributed by atoms with Crippen molar-refractivity contribution in [1.82, 2.24) is 25.1 Å². The summed E-state index contributed by atoms with van der Waals surface area (Å²) in [5.74, 6) is -0.790. The van der Waals surface area contributed by atoms with E-state index in [1.54, 1.807) is 21.9 Å². The van der Waals surface area contributed by atoms with Gasteiger partial charge in [0, 0.05) is 5.02 Å². The molecule has 9 heteroatoms. The zero-order chi connectivity index (χ0) is 18.1. The third-order valence-corrected chi connectivity index (χ3v) is 4.81. The average molecular weight is 388 g/mol. The molecule has 0 saturated heterocycles. The Bertz CT molecular complexity index is 1100. The van der Waals surface area contributed by atoms with Gasteiger partial charge in [0.25, 0.3) is 5.91 Å². The molecular weight excluding hydrogens is 377 g/mol. The molecule has 3 heterocycles. The molecule has 0 spiro atoms. The van der Waals surface area contributed by atoms with Crippen molar-refractivity contribution in [3.05, 3.63) is 70.1 Å². The number of fused-ring (bicyclic) bond motifs is 1. The third-order valence-electron chi connectivity index (χ3n) is 3.68. The summed E-state index contributed by atoms with van der Waals surface area (Å²) in [6, 6.07) is 11.4. The number of carbonyl (C=O) groups excluding carboxylic acids is 1. The summed E-state index contributed by atoms with van der Waals surface area (Å²) in [5.41, 5.74) is 1.21. The SMILES string of the molecule is O=C(NCc1nnc2ccc(-c3cccs3)nn12)c1cc(Cl)ccc1F. The highest BCUT2D eigenvalue weighted by Gasteiger charge is 2.14. The lowest BCUT2D eigenvalue weighted by atomic mass is 10.2. The highest BCUT2D eigenvalue weighted by atomic mass is 35.5. The van der Waals surface area contributed by atoms with E-state index in [1.807, 2.05) is 23.6 Å². The minimum atomic E-state index is -0.642. The van der Waals surface area contributed by atoms with E-state index < -0.39 is 11.7 Å². The maximum absolute atomic E-state index is 13.8. The van der Waals surface area contributed by atoms with Crippen LogP contribution < -0.4 is 5.32 Å². The zero-order valence-corrected chi connectivity index (χ0v) is 14.8. The summed E-state index contributed by atoms with van der Waals surface area (Å²) in [6.45, 7) is 0.0485. The lowest BCUT2D eigenvalue weighted by molar-refractivity contribution is 0.0945. The number of hydrogen-bond donors (Lipinski definition) is 1. The van der Waals surface area contributed by atoms with Gasteiger partial charge in [-0.2, -0.15) is 9.61 Å². The smallest absolute Gasteiger partial charge is 0.254 e. The summed E-state index contributed by atoms with van der Waals surface area (Å²) in [7, 11) is 0. The van der Waals surface area contributed by atoms with Crippen molar-refractivity contribution in [1.29, 1.82) is 0 Å². The summed E-state index contributed by atoms with van der Waals surface area (Å²) in [5, 5.41) is 17.5. The quantitative estimate of drug-likeness (QED) is 0.581. The number of nitrogens with zero attached hydrogens (tertiary/aromatic N) is 4. The number of rotatable bonds is 4. The van der Waals surface area contributed by atoms with Crippen LogP contribution in [0.2, 0.25) is 5.02 Å². The number of hydrogen-bond acceptors (Lipinski definition) is 5. The Morgan fingerprint density at radius 1 is 1.23 bits per heavy atom. The van der Waals surface area contributed by atoms with Gasteiger partial charge in [-0.15, -0.1) is 21.5 Å². The lowest BCUT2D eigenvalue weighted by Crippen LogP contribution is -2.25. The van der Waals surface area contributed by atoms with Gasteiger partial charge in [-0.05, 0) is 41.8 Å². The van der Waals surface area contributed by atoms with E-state index >= 15 is 0 Å². The predicted octanol–water partition coefficient (Wildman–Crippen LogP) is 3.58. The number of aromatic nitrogens is 4. The topological polar surface area (TPSA) is 72.2 Å². The van der Waals surface area contributed by atoms with E-state index in [2.05, 4.69) is 20.6 Å². The first kappa shape index (κ1) is 16.6. The molecule has 0 aliphatic carbocycles. The van der Waals surface area contributed by atoms with Crippen molar-refractivity contribution in [2.75, 3.05) is 0 Å². The number of thiophene rings is 1. The van der Waals surface area contributed by atoms with Crippen LogP contribution in [0.3, 0.4) is 0 Å². The number of carbonyl (C=O) groups is 1. The van der Waals surface area contributed by atoms with E-state index in [9.17, 15) is 9.18 Å². The van der Waals surface area contributed by atoms with Gasteiger partial charge in [-0.1, -0.05) is 17.7 Å². The number of benzene rings is 1.